The van der Waals surface area contributed by atoms with Crippen molar-refractivity contribution in [2.24, 2.45) is 0 Å². The summed E-state index contributed by atoms with van der Waals surface area (Å²) in [6.45, 7) is 3.50. The number of amides is 1. The van der Waals surface area contributed by atoms with Gasteiger partial charge in [0.2, 0.25) is 0 Å². The Bertz CT molecular complexity index is 521. The zero-order valence-electron chi connectivity index (χ0n) is 12.5. The highest BCUT2D eigenvalue weighted by atomic mass is 16.5. The molecule has 0 bridgehead atoms. The van der Waals surface area contributed by atoms with Crippen LogP contribution in [0.15, 0.2) is 12.1 Å². The molecule has 0 aromatic heterocycles. The number of rotatable bonds is 7. The van der Waals surface area contributed by atoms with Crippen LogP contribution < -0.4 is 5.32 Å². The van der Waals surface area contributed by atoms with Crippen LogP contribution in [0, 0.1) is 13.8 Å². The number of hydrogen-bond donors (Lipinski definition) is 3. The molecule has 0 fully saturated rings. The molecule has 21 heavy (non-hydrogen) atoms. The number of aliphatic hydroxyl groups excluding tert-OH is 1. The minimum Gasteiger partial charge on any atom is -0.478 e. The number of carboxylic acids is 1. The lowest BCUT2D eigenvalue weighted by Crippen LogP contribution is -2.39. The van der Waals surface area contributed by atoms with E-state index in [1.165, 1.54) is 7.11 Å². The second kappa shape index (κ2) is 7.75. The Morgan fingerprint density at radius 3 is 2.29 bits per heavy atom. The molecule has 0 aliphatic carbocycles. The molecule has 1 unspecified atom stereocenters. The summed E-state index contributed by atoms with van der Waals surface area (Å²) in [5.74, 6) is -1.60. The first-order valence-corrected chi connectivity index (χ1v) is 6.66. The van der Waals surface area contributed by atoms with E-state index in [1.807, 2.05) is 0 Å². The van der Waals surface area contributed by atoms with Crippen molar-refractivity contribution in [1.82, 2.24) is 5.32 Å². The molecule has 0 aliphatic heterocycles. The zero-order valence-corrected chi connectivity index (χ0v) is 12.5. The quantitative estimate of drug-likeness (QED) is 0.701. The standard InChI is InChI=1S/C15H21NO5/c1-9-4-5-10(2)13(15(19)20)12(9)14(18)16-11(6-7-17)8-21-3/h4-5,11,17H,6-8H2,1-3H3,(H,16,18)(H,19,20). The number of benzene rings is 1. The fraction of sp³-hybridized carbons (Fsp3) is 0.467. The van der Waals surface area contributed by atoms with Gasteiger partial charge in [-0.1, -0.05) is 12.1 Å². The van der Waals surface area contributed by atoms with Crippen molar-refractivity contribution in [3.05, 3.63) is 34.4 Å². The molecule has 6 heteroatoms. The summed E-state index contributed by atoms with van der Waals surface area (Å²) < 4.78 is 4.98. The Morgan fingerprint density at radius 1 is 1.24 bits per heavy atom. The molecule has 1 atom stereocenters. The first-order valence-electron chi connectivity index (χ1n) is 6.66. The molecular weight excluding hydrogens is 274 g/mol. The number of aromatic carboxylic acids is 1. The van der Waals surface area contributed by atoms with Gasteiger partial charge in [0.05, 0.1) is 23.8 Å². The zero-order chi connectivity index (χ0) is 16.0. The Balaban J connectivity index is 3.11. The number of carbonyl (C=O) groups is 2. The summed E-state index contributed by atoms with van der Waals surface area (Å²) in [5.41, 5.74) is 1.29. The van der Waals surface area contributed by atoms with E-state index in [0.29, 0.717) is 17.5 Å². The van der Waals surface area contributed by atoms with E-state index in [4.69, 9.17) is 9.84 Å². The van der Waals surface area contributed by atoms with Crippen molar-refractivity contribution in [2.75, 3.05) is 20.3 Å². The number of carboxylic acid groups (broad SMARTS) is 1. The van der Waals surface area contributed by atoms with Gasteiger partial charge >= 0.3 is 5.97 Å². The van der Waals surface area contributed by atoms with E-state index in [2.05, 4.69) is 5.32 Å². The van der Waals surface area contributed by atoms with Crippen molar-refractivity contribution in [3.8, 4) is 0 Å². The number of hydrogen-bond acceptors (Lipinski definition) is 4. The number of carbonyl (C=O) groups excluding carboxylic acids is 1. The van der Waals surface area contributed by atoms with E-state index in [1.54, 1.807) is 26.0 Å². The van der Waals surface area contributed by atoms with Gasteiger partial charge in [-0.25, -0.2) is 4.79 Å². The fourth-order valence-electron chi connectivity index (χ4n) is 2.19. The molecule has 0 saturated carbocycles. The van der Waals surface area contributed by atoms with E-state index < -0.39 is 11.9 Å². The van der Waals surface area contributed by atoms with E-state index >= 15 is 0 Å². The molecule has 0 spiro atoms. The van der Waals surface area contributed by atoms with Crippen LogP contribution in [0.2, 0.25) is 0 Å². The number of aryl methyl sites for hydroxylation is 2. The number of nitrogens with one attached hydrogen (secondary N) is 1. The highest BCUT2D eigenvalue weighted by Crippen LogP contribution is 2.19. The summed E-state index contributed by atoms with van der Waals surface area (Å²) in [7, 11) is 1.50. The summed E-state index contributed by atoms with van der Waals surface area (Å²) in [6, 6.07) is 3.03. The van der Waals surface area contributed by atoms with Crippen molar-refractivity contribution >= 4 is 11.9 Å². The molecule has 116 valence electrons. The maximum absolute atomic E-state index is 12.4. The lowest BCUT2D eigenvalue weighted by atomic mass is 9.96. The maximum Gasteiger partial charge on any atom is 0.336 e. The van der Waals surface area contributed by atoms with Crippen LogP contribution in [0.4, 0.5) is 0 Å². The normalized spacial score (nSPS) is 12.0. The van der Waals surface area contributed by atoms with Crippen LogP contribution in [-0.2, 0) is 4.74 Å². The lowest BCUT2D eigenvalue weighted by molar-refractivity contribution is 0.0687. The molecule has 1 aromatic rings. The minimum absolute atomic E-state index is 0.00710. The van der Waals surface area contributed by atoms with Gasteiger partial charge in [-0.15, -0.1) is 0 Å². The van der Waals surface area contributed by atoms with Gasteiger partial charge in [0.15, 0.2) is 0 Å². The Kier molecular flexibility index (Phi) is 6.33. The maximum atomic E-state index is 12.4. The average Bonchev–Trinajstić information content (AvgIpc) is 2.41. The van der Waals surface area contributed by atoms with Crippen LogP contribution in [0.3, 0.4) is 0 Å². The highest BCUT2D eigenvalue weighted by Gasteiger charge is 2.23. The average molecular weight is 295 g/mol. The lowest BCUT2D eigenvalue weighted by Gasteiger charge is -2.19. The van der Waals surface area contributed by atoms with Gasteiger partial charge in [-0.3, -0.25) is 4.79 Å². The molecule has 6 nitrogen and oxygen atoms in total. The van der Waals surface area contributed by atoms with E-state index in [0.717, 1.165) is 0 Å². The third kappa shape index (κ3) is 4.27. The van der Waals surface area contributed by atoms with Gasteiger partial charge < -0.3 is 20.3 Å². The van der Waals surface area contributed by atoms with Crippen molar-refractivity contribution < 1.29 is 24.5 Å². The Morgan fingerprint density at radius 2 is 1.81 bits per heavy atom. The van der Waals surface area contributed by atoms with Crippen LogP contribution in [0.1, 0.15) is 38.3 Å². The largest absolute Gasteiger partial charge is 0.478 e. The van der Waals surface area contributed by atoms with Crippen molar-refractivity contribution in [1.29, 1.82) is 0 Å². The van der Waals surface area contributed by atoms with Crippen LogP contribution >= 0.6 is 0 Å². The summed E-state index contributed by atoms with van der Waals surface area (Å²) in [5, 5.41) is 21.0. The monoisotopic (exact) mass is 295 g/mol. The molecule has 1 aromatic carbocycles. The molecule has 0 aliphatic rings. The summed E-state index contributed by atoms with van der Waals surface area (Å²) >= 11 is 0. The molecule has 1 rings (SSSR count). The topological polar surface area (TPSA) is 95.9 Å². The predicted octanol–water partition coefficient (Wildman–Crippen LogP) is 1.13. The van der Waals surface area contributed by atoms with Gasteiger partial charge in [0.25, 0.3) is 5.91 Å². The molecule has 0 radical (unpaired) electrons. The van der Waals surface area contributed by atoms with Gasteiger partial charge in [0.1, 0.15) is 0 Å². The molecule has 3 N–H and O–H groups in total. The third-order valence-electron chi connectivity index (χ3n) is 3.24. The van der Waals surface area contributed by atoms with Gasteiger partial charge in [-0.05, 0) is 31.4 Å². The number of aliphatic hydroxyl groups is 1. The van der Waals surface area contributed by atoms with Gasteiger partial charge in [-0.2, -0.15) is 0 Å². The third-order valence-corrected chi connectivity index (χ3v) is 3.24. The molecule has 0 saturated heterocycles. The fourth-order valence-corrected chi connectivity index (χ4v) is 2.19. The second-order valence-corrected chi connectivity index (χ2v) is 4.89. The summed E-state index contributed by atoms with van der Waals surface area (Å²) in [4.78, 5) is 23.8. The Labute approximate surface area is 123 Å². The van der Waals surface area contributed by atoms with Gasteiger partial charge in [0, 0.05) is 13.7 Å². The Hall–Kier alpha value is -1.92. The highest BCUT2D eigenvalue weighted by molar-refractivity contribution is 6.06. The van der Waals surface area contributed by atoms with Crippen LogP contribution in [0.25, 0.3) is 0 Å². The van der Waals surface area contributed by atoms with E-state index in [-0.39, 0.29) is 30.4 Å². The minimum atomic E-state index is -1.13. The number of ether oxygens (including phenoxy) is 1. The van der Waals surface area contributed by atoms with Crippen molar-refractivity contribution in [2.45, 2.75) is 26.3 Å². The SMILES string of the molecule is COCC(CCO)NC(=O)c1c(C)ccc(C)c1C(=O)O. The van der Waals surface area contributed by atoms with Crippen molar-refractivity contribution in [3.63, 3.8) is 0 Å². The van der Waals surface area contributed by atoms with Crippen LogP contribution in [0.5, 0.6) is 0 Å². The second-order valence-electron chi connectivity index (χ2n) is 4.89. The smallest absolute Gasteiger partial charge is 0.336 e. The first-order chi connectivity index (χ1) is 9.92. The predicted molar refractivity (Wildman–Crippen MR) is 77.7 cm³/mol. The summed E-state index contributed by atoms with van der Waals surface area (Å²) in [6.07, 6.45) is 0.340. The van der Waals surface area contributed by atoms with E-state index in [9.17, 15) is 14.7 Å². The first kappa shape index (κ1) is 17.1. The van der Waals surface area contributed by atoms with Crippen LogP contribution in [-0.4, -0.2) is 48.5 Å². The molecular formula is C15H21NO5. The number of methoxy groups -OCH3 is 1. The molecule has 1 amide bonds. The molecule has 0 heterocycles.